The fourth-order valence-corrected chi connectivity index (χ4v) is 0.707. The van der Waals surface area contributed by atoms with E-state index < -0.39 is 5.97 Å². The molecule has 0 heterocycles. The second-order valence-electron chi connectivity index (χ2n) is 2.94. The maximum Gasteiger partial charge on any atom is 0.303 e. The highest BCUT2D eigenvalue weighted by Crippen LogP contribution is 2.23. The van der Waals surface area contributed by atoms with Crippen molar-refractivity contribution in [1.82, 2.24) is 0 Å². The largest absolute Gasteiger partial charge is 0.481 e. The molecule has 0 saturated heterocycles. The zero-order valence-electron chi connectivity index (χ0n) is 6.55. The minimum absolute atomic E-state index is 0.167. The summed E-state index contributed by atoms with van der Waals surface area (Å²) in [5.41, 5.74) is 5.19. The molecule has 0 aliphatic rings. The molecule has 10 heavy (non-hydrogen) atoms. The summed E-state index contributed by atoms with van der Waals surface area (Å²) in [5, 5.41) is 8.46. The normalized spacial score (nSPS) is 16.3. The molecule has 3 heteroatoms. The third kappa shape index (κ3) is 2.82. The lowest BCUT2D eigenvalue weighted by Crippen LogP contribution is -2.29. The first-order valence-electron chi connectivity index (χ1n) is 3.46. The zero-order chi connectivity index (χ0) is 8.20. The number of hydrogen-bond donors (Lipinski definition) is 2. The number of hydrogen-bond acceptors (Lipinski definition) is 2. The fraction of sp³-hybridized carbons (Fsp3) is 0.857. The summed E-state index contributed by atoms with van der Waals surface area (Å²) in [7, 11) is 0. The van der Waals surface area contributed by atoms with Crippen LogP contribution in [0.4, 0.5) is 0 Å². The van der Waals surface area contributed by atoms with Crippen LogP contribution in [0.5, 0.6) is 0 Å². The molecule has 60 valence electrons. The van der Waals surface area contributed by atoms with E-state index in [-0.39, 0.29) is 11.8 Å². The third-order valence-corrected chi connectivity index (χ3v) is 1.92. The first-order chi connectivity index (χ1) is 4.54. The number of nitrogens with two attached hydrogens (primary N) is 1. The van der Waals surface area contributed by atoms with Gasteiger partial charge in [-0.15, -0.1) is 0 Å². The molecule has 0 aromatic rings. The topological polar surface area (TPSA) is 63.3 Å². The van der Waals surface area contributed by atoms with E-state index >= 15 is 0 Å². The van der Waals surface area contributed by atoms with Gasteiger partial charge in [-0.1, -0.05) is 13.8 Å². The van der Waals surface area contributed by atoms with Crippen LogP contribution >= 0.6 is 0 Å². The summed E-state index contributed by atoms with van der Waals surface area (Å²) in [5.74, 6) is -0.769. The highest BCUT2D eigenvalue weighted by atomic mass is 16.4. The summed E-state index contributed by atoms with van der Waals surface area (Å²) in [6.07, 6.45) is 0.982. The molecule has 1 unspecified atom stereocenters. The summed E-state index contributed by atoms with van der Waals surface area (Å²) >= 11 is 0. The van der Waals surface area contributed by atoms with Crippen molar-refractivity contribution < 1.29 is 9.90 Å². The van der Waals surface area contributed by atoms with Crippen LogP contribution in [-0.4, -0.2) is 17.6 Å². The van der Waals surface area contributed by atoms with Crippen molar-refractivity contribution in [3.8, 4) is 0 Å². The molecule has 1 atom stereocenters. The van der Waals surface area contributed by atoms with Gasteiger partial charge >= 0.3 is 5.97 Å². The lowest BCUT2D eigenvalue weighted by molar-refractivity contribution is -0.139. The smallest absolute Gasteiger partial charge is 0.303 e. The van der Waals surface area contributed by atoms with Gasteiger partial charge in [0.2, 0.25) is 0 Å². The molecule has 0 fully saturated rings. The Kier molecular flexibility index (Phi) is 3.36. The van der Waals surface area contributed by atoms with Crippen LogP contribution in [0, 0.1) is 5.41 Å². The Hall–Kier alpha value is -0.570. The molecule has 3 N–H and O–H groups in total. The Morgan fingerprint density at radius 2 is 2.20 bits per heavy atom. The Balaban J connectivity index is 3.92. The van der Waals surface area contributed by atoms with E-state index in [0.717, 1.165) is 6.42 Å². The molecule has 0 spiro atoms. The highest BCUT2D eigenvalue weighted by molar-refractivity contribution is 5.67. The van der Waals surface area contributed by atoms with E-state index in [9.17, 15) is 4.79 Å². The second kappa shape index (κ2) is 3.56. The van der Waals surface area contributed by atoms with Gasteiger partial charge in [-0.25, -0.2) is 0 Å². The van der Waals surface area contributed by atoms with Crippen molar-refractivity contribution in [3.05, 3.63) is 0 Å². The molecular weight excluding hydrogens is 130 g/mol. The molecule has 0 rings (SSSR count). The molecule has 0 radical (unpaired) electrons. The van der Waals surface area contributed by atoms with Gasteiger partial charge in [0.05, 0.1) is 6.42 Å². The Morgan fingerprint density at radius 3 is 2.30 bits per heavy atom. The van der Waals surface area contributed by atoms with Gasteiger partial charge in [0.15, 0.2) is 0 Å². The van der Waals surface area contributed by atoms with Crippen molar-refractivity contribution in [2.24, 2.45) is 11.1 Å². The van der Waals surface area contributed by atoms with Crippen LogP contribution in [0.1, 0.15) is 26.7 Å². The minimum Gasteiger partial charge on any atom is -0.481 e. The predicted molar refractivity (Wildman–Crippen MR) is 39.7 cm³/mol. The van der Waals surface area contributed by atoms with E-state index in [1.807, 2.05) is 13.8 Å². The second-order valence-corrected chi connectivity index (χ2v) is 2.94. The van der Waals surface area contributed by atoms with Crippen molar-refractivity contribution in [2.75, 3.05) is 6.54 Å². The summed E-state index contributed by atoms with van der Waals surface area (Å²) < 4.78 is 0. The maximum absolute atomic E-state index is 10.3. The van der Waals surface area contributed by atoms with Crippen LogP contribution in [0.15, 0.2) is 0 Å². The molecule has 0 aromatic carbocycles. The first kappa shape index (κ1) is 9.43. The van der Waals surface area contributed by atoms with Crippen molar-refractivity contribution in [1.29, 1.82) is 0 Å². The van der Waals surface area contributed by atoms with Crippen molar-refractivity contribution >= 4 is 5.97 Å². The van der Waals surface area contributed by atoms with Crippen molar-refractivity contribution in [3.63, 3.8) is 0 Å². The van der Waals surface area contributed by atoms with E-state index in [1.165, 1.54) is 0 Å². The Morgan fingerprint density at radius 1 is 1.70 bits per heavy atom. The van der Waals surface area contributed by atoms with Gasteiger partial charge in [-0.3, -0.25) is 4.79 Å². The third-order valence-electron chi connectivity index (χ3n) is 1.92. The van der Waals surface area contributed by atoms with Gasteiger partial charge < -0.3 is 10.8 Å². The van der Waals surface area contributed by atoms with E-state index in [2.05, 4.69) is 0 Å². The van der Waals surface area contributed by atoms with Gasteiger partial charge in [0, 0.05) is 0 Å². The summed E-state index contributed by atoms with van der Waals surface area (Å²) in [4.78, 5) is 10.3. The summed E-state index contributed by atoms with van der Waals surface area (Å²) in [6, 6.07) is 0. The number of rotatable bonds is 4. The van der Waals surface area contributed by atoms with Gasteiger partial charge in [0.1, 0.15) is 0 Å². The molecule has 0 saturated carbocycles. The molecular formula is C7H15NO2. The molecule has 0 amide bonds. The first-order valence-corrected chi connectivity index (χ1v) is 3.46. The van der Waals surface area contributed by atoms with E-state index in [4.69, 9.17) is 10.8 Å². The number of carboxylic acids is 1. The Labute approximate surface area is 61.2 Å². The maximum atomic E-state index is 10.3. The minimum atomic E-state index is -0.769. The standard InChI is InChI=1S/C7H15NO2/c1-3-7(2,5-8)4-6(9)10/h3-5,8H2,1-2H3,(H,9,10). The van der Waals surface area contributed by atoms with Crippen LogP contribution in [0.2, 0.25) is 0 Å². The van der Waals surface area contributed by atoms with Gasteiger partial charge in [-0.2, -0.15) is 0 Å². The van der Waals surface area contributed by atoms with Crippen LogP contribution < -0.4 is 5.73 Å². The predicted octanol–water partition coefficient (Wildman–Crippen LogP) is 0.836. The highest BCUT2D eigenvalue weighted by Gasteiger charge is 2.23. The molecule has 0 aromatic heterocycles. The van der Waals surface area contributed by atoms with Crippen LogP contribution in [-0.2, 0) is 4.79 Å². The molecule has 0 aliphatic carbocycles. The van der Waals surface area contributed by atoms with Crippen molar-refractivity contribution in [2.45, 2.75) is 26.7 Å². The van der Waals surface area contributed by atoms with Crippen LogP contribution in [0.3, 0.4) is 0 Å². The lowest BCUT2D eigenvalue weighted by atomic mass is 9.84. The zero-order valence-corrected chi connectivity index (χ0v) is 6.55. The quantitative estimate of drug-likeness (QED) is 0.616. The number of carbonyl (C=O) groups is 1. The van der Waals surface area contributed by atoms with Crippen LogP contribution in [0.25, 0.3) is 0 Å². The monoisotopic (exact) mass is 145 g/mol. The summed E-state index contributed by atoms with van der Waals surface area (Å²) in [6.45, 7) is 4.28. The average molecular weight is 145 g/mol. The Bertz CT molecular complexity index is 119. The fourth-order valence-electron chi connectivity index (χ4n) is 0.707. The van der Waals surface area contributed by atoms with E-state index in [0.29, 0.717) is 6.54 Å². The number of carboxylic acid groups (broad SMARTS) is 1. The number of aliphatic carboxylic acids is 1. The average Bonchev–Trinajstić information content (AvgIpc) is 1.87. The lowest BCUT2D eigenvalue weighted by Gasteiger charge is -2.23. The molecule has 0 bridgehead atoms. The molecule has 0 aliphatic heterocycles. The van der Waals surface area contributed by atoms with Gasteiger partial charge in [0.25, 0.3) is 0 Å². The van der Waals surface area contributed by atoms with Gasteiger partial charge in [-0.05, 0) is 18.4 Å². The van der Waals surface area contributed by atoms with E-state index in [1.54, 1.807) is 0 Å². The molecule has 3 nitrogen and oxygen atoms in total. The SMILES string of the molecule is CCC(C)(CN)CC(=O)O.